The van der Waals surface area contributed by atoms with Gasteiger partial charge in [-0.25, -0.2) is 8.78 Å². The zero-order chi connectivity index (χ0) is 16.5. The quantitative estimate of drug-likeness (QED) is 0.384. The van der Waals surface area contributed by atoms with Gasteiger partial charge < -0.3 is 0 Å². The number of hydrogen-bond acceptors (Lipinski definition) is 0. The first-order chi connectivity index (χ1) is 10.1. The molecule has 2 rings (SSSR count). The number of rotatable bonds is 3. The second kappa shape index (κ2) is 6.26. The van der Waals surface area contributed by atoms with Crippen molar-refractivity contribution in [1.82, 2.24) is 0 Å². The van der Waals surface area contributed by atoms with E-state index in [0.717, 1.165) is 5.56 Å². The van der Waals surface area contributed by atoms with Crippen molar-refractivity contribution < 1.29 is 8.78 Å². The predicted molar refractivity (Wildman–Crippen MR) is 97.5 cm³/mol. The summed E-state index contributed by atoms with van der Waals surface area (Å²) in [7, 11) is 0. The number of hydrogen-bond donors (Lipinski definition) is 0. The third kappa shape index (κ3) is 3.50. The minimum atomic E-state index is -0.664. The minimum Gasteiger partial charge on any atom is -0.211 e. The first kappa shape index (κ1) is 17.4. The zero-order valence-corrected chi connectivity index (χ0v) is 15.5. The molecule has 1 aromatic rings. The summed E-state index contributed by atoms with van der Waals surface area (Å²) in [6.45, 7) is 8.18. The summed E-state index contributed by atoms with van der Waals surface area (Å²) < 4.78 is 28.9. The smallest absolute Gasteiger partial charge is 0.120 e. The van der Waals surface area contributed by atoms with Crippen molar-refractivity contribution in [3.63, 3.8) is 0 Å². The molecular formula is C19H21F2I. The molecule has 1 aliphatic rings. The summed E-state index contributed by atoms with van der Waals surface area (Å²) in [6.07, 6.45) is 4.31. The molecule has 0 nitrogen and oxygen atoms in total. The van der Waals surface area contributed by atoms with Crippen LogP contribution in [0.1, 0.15) is 39.2 Å². The van der Waals surface area contributed by atoms with E-state index in [2.05, 4.69) is 36.4 Å². The van der Waals surface area contributed by atoms with Crippen molar-refractivity contribution >= 4 is 22.6 Å². The molecule has 0 saturated carbocycles. The Kier molecular flexibility index (Phi) is 4.95. The van der Waals surface area contributed by atoms with Crippen LogP contribution in [0, 0.1) is 5.41 Å². The van der Waals surface area contributed by atoms with Crippen LogP contribution in [0.5, 0.6) is 0 Å². The molecule has 0 aliphatic heterocycles. The van der Waals surface area contributed by atoms with E-state index in [-0.39, 0.29) is 20.5 Å². The normalized spacial score (nSPS) is 20.0. The monoisotopic (exact) mass is 414 g/mol. The van der Waals surface area contributed by atoms with Crippen LogP contribution in [-0.4, -0.2) is 3.42 Å². The Labute approximate surface area is 145 Å². The lowest BCUT2D eigenvalue weighted by molar-refractivity contribution is 0.370. The maximum absolute atomic E-state index is 14.7. The van der Waals surface area contributed by atoms with E-state index in [1.54, 1.807) is 0 Å². The average molecular weight is 414 g/mol. The van der Waals surface area contributed by atoms with Gasteiger partial charge in [0.15, 0.2) is 0 Å². The van der Waals surface area contributed by atoms with Crippen LogP contribution >= 0.6 is 22.6 Å². The van der Waals surface area contributed by atoms with Gasteiger partial charge in [-0.15, -0.1) is 0 Å². The van der Waals surface area contributed by atoms with Gasteiger partial charge in [-0.3, -0.25) is 0 Å². The molecule has 0 N–H and O–H groups in total. The molecule has 1 atom stereocenters. The molecule has 0 saturated heterocycles. The molecule has 0 radical (unpaired) electrons. The lowest BCUT2D eigenvalue weighted by Crippen LogP contribution is -2.34. The van der Waals surface area contributed by atoms with Gasteiger partial charge in [0.05, 0.1) is 5.92 Å². The van der Waals surface area contributed by atoms with Crippen LogP contribution in [0.2, 0.25) is 0 Å². The molecule has 0 aromatic heterocycles. The summed E-state index contributed by atoms with van der Waals surface area (Å²) in [4.78, 5) is 0. The zero-order valence-electron chi connectivity index (χ0n) is 13.3. The van der Waals surface area contributed by atoms with Gasteiger partial charge in [-0.2, -0.15) is 0 Å². The molecule has 0 amide bonds. The third-order valence-corrected chi connectivity index (χ3v) is 5.92. The highest BCUT2D eigenvalue weighted by Crippen LogP contribution is 2.47. The SMILES string of the molecule is CC(C)(I)C(C)(C)C1=CC(F)=CC(c2ccccc2)C(F)=C1. The largest absolute Gasteiger partial charge is 0.211 e. The number of alkyl halides is 1. The second-order valence-electron chi connectivity index (χ2n) is 6.67. The van der Waals surface area contributed by atoms with Gasteiger partial charge in [0, 0.05) is 8.84 Å². The van der Waals surface area contributed by atoms with Crippen molar-refractivity contribution in [3.8, 4) is 0 Å². The van der Waals surface area contributed by atoms with Gasteiger partial charge >= 0.3 is 0 Å². The fourth-order valence-corrected chi connectivity index (χ4v) is 2.65. The molecule has 1 aliphatic carbocycles. The van der Waals surface area contributed by atoms with Gasteiger partial charge in [-0.1, -0.05) is 66.8 Å². The maximum atomic E-state index is 14.7. The maximum Gasteiger partial charge on any atom is 0.120 e. The fraction of sp³-hybridized carbons (Fsp3) is 0.368. The predicted octanol–water partition coefficient (Wildman–Crippen LogP) is 6.66. The minimum absolute atomic E-state index is 0.139. The van der Waals surface area contributed by atoms with Crippen LogP contribution in [0.15, 0.2) is 65.8 Å². The van der Waals surface area contributed by atoms with E-state index in [1.807, 2.05) is 44.2 Å². The van der Waals surface area contributed by atoms with Crippen molar-refractivity contribution in [2.24, 2.45) is 5.41 Å². The van der Waals surface area contributed by atoms with E-state index in [1.165, 1.54) is 18.2 Å². The van der Waals surface area contributed by atoms with Gasteiger partial charge in [0.2, 0.25) is 0 Å². The molecule has 3 heteroatoms. The Bertz CT molecular complexity index is 631. The number of allylic oxidation sites excluding steroid dienone is 6. The summed E-state index contributed by atoms with van der Waals surface area (Å²) in [5.74, 6) is -1.37. The molecule has 1 unspecified atom stereocenters. The Morgan fingerprint density at radius 1 is 0.955 bits per heavy atom. The molecule has 0 heterocycles. The van der Waals surface area contributed by atoms with Crippen molar-refractivity contribution in [3.05, 3.63) is 71.4 Å². The van der Waals surface area contributed by atoms with Crippen molar-refractivity contribution in [1.29, 1.82) is 0 Å². The number of halogens is 3. The standard InChI is InChI=1S/C19H21F2I/c1-18(2,19(3,4)22)14-10-15(20)12-16(17(21)11-14)13-8-6-5-7-9-13/h5-12,16H,1-4H3. The Morgan fingerprint density at radius 3 is 2.09 bits per heavy atom. The first-order valence-electron chi connectivity index (χ1n) is 7.33. The fourth-order valence-electron chi connectivity index (χ4n) is 2.34. The Hall–Kier alpha value is -0.970. The lowest BCUT2D eigenvalue weighted by Gasteiger charge is -2.38. The van der Waals surface area contributed by atoms with Gasteiger partial charge in [-0.05, 0) is 43.2 Å². The second-order valence-corrected chi connectivity index (χ2v) is 9.36. The van der Waals surface area contributed by atoms with Crippen molar-refractivity contribution in [2.45, 2.75) is 37.0 Å². The molecule has 0 fully saturated rings. The van der Waals surface area contributed by atoms with E-state index >= 15 is 0 Å². The lowest BCUT2D eigenvalue weighted by atomic mass is 9.74. The average Bonchev–Trinajstić information content (AvgIpc) is 2.58. The third-order valence-electron chi connectivity index (χ3n) is 4.58. The van der Waals surface area contributed by atoms with Gasteiger partial charge in [0.1, 0.15) is 11.7 Å². The summed E-state index contributed by atoms with van der Waals surface area (Å²) in [5, 5.41) is 0. The number of benzene rings is 1. The Morgan fingerprint density at radius 2 is 1.55 bits per heavy atom. The summed E-state index contributed by atoms with van der Waals surface area (Å²) in [6, 6.07) is 9.19. The van der Waals surface area contributed by atoms with Gasteiger partial charge in [0.25, 0.3) is 0 Å². The molecule has 0 bridgehead atoms. The highest BCUT2D eigenvalue weighted by Gasteiger charge is 2.38. The summed E-state index contributed by atoms with van der Waals surface area (Å²) >= 11 is 2.33. The first-order valence-corrected chi connectivity index (χ1v) is 8.41. The summed E-state index contributed by atoms with van der Waals surface area (Å²) in [5.41, 5.74) is 1.07. The molecule has 0 spiro atoms. The highest BCUT2D eigenvalue weighted by molar-refractivity contribution is 14.1. The van der Waals surface area contributed by atoms with Crippen LogP contribution < -0.4 is 0 Å². The molecule has 118 valence electrons. The molecular weight excluding hydrogens is 393 g/mol. The van der Waals surface area contributed by atoms with E-state index in [9.17, 15) is 8.78 Å². The van der Waals surface area contributed by atoms with E-state index < -0.39 is 5.92 Å². The Balaban J connectivity index is 2.48. The topological polar surface area (TPSA) is 0 Å². The van der Waals surface area contributed by atoms with Crippen molar-refractivity contribution in [2.75, 3.05) is 0 Å². The van der Waals surface area contributed by atoms with Crippen LogP contribution in [0.4, 0.5) is 8.78 Å². The van der Waals surface area contributed by atoms with Crippen LogP contribution in [0.3, 0.4) is 0 Å². The van der Waals surface area contributed by atoms with Crippen LogP contribution in [-0.2, 0) is 0 Å². The molecule has 1 aromatic carbocycles. The van der Waals surface area contributed by atoms with Crippen LogP contribution in [0.25, 0.3) is 0 Å². The van der Waals surface area contributed by atoms with E-state index in [4.69, 9.17) is 0 Å². The van der Waals surface area contributed by atoms with E-state index in [0.29, 0.717) is 5.57 Å². The highest BCUT2D eigenvalue weighted by atomic mass is 127. The molecule has 22 heavy (non-hydrogen) atoms.